The minimum atomic E-state index is -0.197. The largest absolute Gasteiger partial charge is 0.319 e. The van der Waals surface area contributed by atoms with Crippen LogP contribution < -0.4 is 5.32 Å². The van der Waals surface area contributed by atoms with Crippen molar-refractivity contribution in [3.8, 4) is 5.82 Å². The molecule has 0 atom stereocenters. The minimum Gasteiger partial charge on any atom is -0.319 e. The molecule has 0 radical (unpaired) electrons. The molecule has 124 valence electrons. The summed E-state index contributed by atoms with van der Waals surface area (Å²) < 4.78 is 3.39. The summed E-state index contributed by atoms with van der Waals surface area (Å²) in [6.45, 7) is 5.92. The fraction of sp³-hybridized carbons (Fsp3) is 0.294. The van der Waals surface area contributed by atoms with Gasteiger partial charge in [-0.15, -0.1) is 0 Å². The normalized spacial score (nSPS) is 11.0. The predicted octanol–water partition coefficient (Wildman–Crippen LogP) is 2.68. The minimum absolute atomic E-state index is 0.116. The Morgan fingerprint density at radius 3 is 2.67 bits per heavy atom. The molecule has 0 aliphatic carbocycles. The van der Waals surface area contributed by atoms with Crippen LogP contribution in [0.1, 0.15) is 41.5 Å². The van der Waals surface area contributed by atoms with Gasteiger partial charge in [0.1, 0.15) is 0 Å². The van der Waals surface area contributed by atoms with E-state index < -0.39 is 0 Å². The number of nitrogens with zero attached hydrogens (tertiary/aromatic N) is 5. The van der Waals surface area contributed by atoms with Gasteiger partial charge in [0.15, 0.2) is 5.82 Å². The predicted molar refractivity (Wildman–Crippen MR) is 91.3 cm³/mol. The Hall–Kier alpha value is -2.96. The molecule has 3 rings (SSSR count). The van der Waals surface area contributed by atoms with Gasteiger partial charge in [-0.1, -0.05) is 19.9 Å². The van der Waals surface area contributed by atoms with Gasteiger partial charge >= 0.3 is 0 Å². The zero-order valence-electron chi connectivity index (χ0n) is 14.2. The number of carbonyl (C=O) groups excluding carboxylic acids is 1. The molecule has 3 aromatic rings. The summed E-state index contributed by atoms with van der Waals surface area (Å²) >= 11 is 0. The van der Waals surface area contributed by atoms with Crippen molar-refractivity contribution >= 4 is 11.6 Å². The van der Waals surface area contributed by atoms with E-state index in [9.17, 15) is 4.79 Å². The van der Waals surface area contributed by atoms with Crippen molar-refractivity contribution in [3.63, 3.8) is 0 Å². The van der Waals surface area contributed by atoms with E-state index in [1.54, 1.807) is 28.0 Å². The Kier molecular flexibility index (Phi) is 4.16. The Morgan fingerprint density at radius 2 is 2.08 bits per heavy atom. The molecule has 0 fully saturated rings. The number of anilines is 1. The van der Waals surface area contributed by atoms with E-state index in [2.05, 4.69) is 20.5 Å². The van der Waals surface area contributed by atoms with Crippen molar-refractivity contribution in [1.29, 1.82) is 0 Å². The molecular formula is C17H20N6O. The highest BCUT2D eigenvalue weighted by molar-refractivity contribution is 6.05. The molecule has 24 heavy (non-hydrogen) atoms. The molecule has 1 N–H and O–H groups in total. The van der Waals surface area contributed by atoms with Gasteiger partial charge in [0.25, 0.3) is 5.91 Å². The molecule has 0 saturated heterocycles. The van der Waals surface area contributed by atoms with Gasteiger partial charge in [-0.05, 0) is 25.0 Å². The number of pyridine rings is 1. The van der Waals surface area contributed by atoms with Crippen LogP contribution in [0, 0.1) is 6.92 Å². The molecule has 7 nitrogen and oxygen atoms in total. The van der Waals surface area contributed by atoms with E-state index in [1.807, 2.05) is 46.0 Å². The third-order valence-corrected chi connectivity index (χ3v) is 3.73. The SMILES string of the molecule is Cc1nn(C)cc1NC(=O)c1cnn(-c2ccccn2)c1C(C)C. The highest BCUT2D eigenvalue weighted by Gasteiger charge is 2.22. The zero-order chi connectivity index (χ0) is 17.3. The van der Waals surface area contributed by atoms with Crippen LogP contribution in [0.5, 0.6) is 0 Å². The molecule has 0 bridgehead atoms. The maximum Gasteiger partial charge on any atom is 0.259 e. The molecule has 0 aromatic carbocycles. The van der Waals surface area contributed by atoms with Crippen molar-refractivity contribution in [3.05, 3.63) is 53.7 Å². The van der Waals surface area contributed by atoms with E-state index in [0.717, 1.165) is 11.4 Å². The van der Waals surface area contributed by atoms with Gasteiger partial charge in [-0.25, -0.2) is 9.67 Å². The molecule has 0 saturated carbocycles. The number of rotatable bonds is 4. The number of carbonyl (C=O) groups is 1. The first-order valence-electron chi connectivity index (χ1n) is 7.78. The summed E-state index contributed by atoms with van der Waals surface area (Å²) in [7, 11) is 1.82. The number of hydrogen-bond acceptors (Lipinski definition) is 4. The fourth-order valence-corrected chi connectivity index (χ4v) is 2.66. The second-order valence-corrected chi connectivity index (χ2v) is 5.95. The van der Waals surface area contributed by atoms with Crippen LogP contribution in [-0.2, 0) is 7.05 Å². The van der Waals surface area contributed by atoms with Crippen LogP contribution in [0.15, 0.2) is 36.8 Å². The zero-order valence-corrected chi connectivity index (χ0v) is 14.2. The van der Waals surface area contributed by atoms with Gasteiger partial charge in [-0.3, -0.25) is 9.48 Å². The molecule has 3 aromatic heterocycles. The third kappa shape index (κ3) is 2.92. The van der Waals surface area contributed by atoms with Crippen molar-refractivity contribution in [2.75, 3.05) is 5.32 Å². The molecule has 1 amide bonds. The summed E-state index contributed by atoms with van der Waals surface area (Å²) in [4.78, 5) is 17.0. The number of aryl methyl sites for hydroxylation is 2. The highest BCUT2D eigenvalue weighted by Crippen LogP contribution is 2.23. The summed E-state index contributed by atoms with van der Waals surface area (Å²) in [6.07, 6.45) is 5.08. The van der Waals surface area contributed by atoms with Crippen LogP contribution >= 0.6 is 0 Å². The Bertz CT molecular complexity index is 863. The quantitative estimate of drug-likeness (QED) is 0.800. The number of aromatic nitrogens is 5. The maximum atomic E-state index is 12.7. The molecule has 0 spiro atoms. The van der Waals surface area contributed by atoms with Crippen LogP contribution in [0.2, 0.25) is 0 Å². The summed E-state index contributed by atoms with van der Waals surface area (Å²) in [5.41, 5.74) is 2.84. The summed E-state index contributed by atoms with van der Waals surface area (Å²) in [5.74, 6) is 0.611. The molecule has 7 heteroatoms. The Balaban J connectivity index is 1.97. The van der Waals surface area contributed by atoms with Gasteiger partial charge < -0.3 is 5.32 Å². The van der Waals surface area contributed by atoms with E-state index in [-0.39, 0.29) is 11.8 Å². The monoisotopic (exact) mass is 324 g/mol. The van der Waals surface area contributed by atoms with Crippen LogP contribution in [0.3, 0.4) is 0 Å². The lowest BCUT2D eigenvalue weighted by molar-refractivity contribution is 0.102. The highest BCUT2D eigenvalue weighted by atomic mass is 16.1. The maximum absolute atomic E-state index is 12.7. The Labute approximate surface area is 140 Å². The smallest absolute Gasteiger partial charge is 0.259 e. The molecule has 3 heterocycles. The molecular weight excluding hydrogens is 304 g/mol. The van der Waals surface area contributed by atoms with E-state index in [0.29, 0.717) is 17.1 Å². The van der Waals surface area contributed by atoms with Crippen LogP contribution in [0.25, 0.3) is 5.82 Å². The van der Waals surface area contributed by atoms with Crippen LogP contribution in [-0.4, -0.2) is 30.5 Å². The average molecular weight is 324 g/mol. The van der Waals surface area contributed by atoms with E-state index in [4.69, 9.17) is 0 Å². The van der Waals surface area contributed by atoms with Crippen molar-refractivity contribution < 1.29 is 4.79 Å². The Morgan fingerprint density at radius 1 is 1.29 bits per heavy atom. The lowest BCUT2D eigenvalue weighted by Gasteiger charge is -2.12. The fourth-order valence-electron chi connectivity index (χ4n) is 2.66. The number of hydrogen-bond donors (Lipinski definition) is 1. The van der Waals surface area contributed by atoms with Gasteiger partial charge in [0, 0.05) is 19.4 Å². The summed E-state index contributed by atoms with van der Waals surface area (Å²) in [6, 6.07) is 5.61. The lowest BCUT2D eigenvalue weighted by Crippen LogP contribution is -2.16. The summed E-state index contributed by atoms with van der Waals surface area (Å²) in [5, 5.41) is 11.5. The standard InChI is InChI=1S/C17H20N6O/c1-11(2)16-13(9-19-23(16)15-7-5-6-8-18-15)17(24)20-14-10-22(4)21-12(14)3/h5-11H,1-4H3,(H,20,24). The second kappa shape index (κ2) is 6.27. The van der Waals surface area contributed by atoms with Crippen molar-refractivity contribution in [2.24, 2.45) is 7.05 Å². The topological polar surface area (TPSA) is 77.6 Å². The number of nitrogens with one attached hydrogen (secondary N) is 1. The molecule has 0 aliphatic heterocycles. The molecule has 0 unspecified atom stereocenters. The van der Waals surface area contributed by atoms with Gasteiger partial charge in [0.05, 0.1) is 28.8 Å². The van der Waals surface area contributed by atoms with Crippen molar-refractivity contribution in [1.82, 2.24) is 24.5 Å². The molecule has 0 aliphatic rings. The first-order chi connectivity index (χ1) is 11.5. The van der Waals surface area contributed by atoms with Crippen LogP contribution in [0.4, 0.5) is 5.69 Å². The lowest BCUT2D eigenvalue weighted by atomic mass is 10.1. The van der Waals surface area contributed by atoms with Gasteiger partial charge in [0.2, 0.25) is 0 Å². The first-order valence-corrected chi connectivity index (χ1v) is 7.78. The van der Waals surface area contributed by atoms with Gasteiger partial charge in [-0.2, -0.15) is 10.2 Å². The van der Waals surface area contributed by atoms with Crippen molar-refractivity contribution in [2.45, 2.75) is 26.7 Å². The first kappa shape index (κ1) is 15.9. The second-order valence-electron chi connectivity index (χ2n) is 5.95. The number of amides is 1. The average Bonchev–Trinajstić information content (AvgIpc) is 3.12. The van der Waals surface area contributed by atoms with E-state index in [1.165, 1.54) is 0 Å². The van der Waals surface area contributed by atoms with E-state index >= 15 is 0 Å². The third-order valence-electron chi connectivity index (χ3n) is 3.73.